The molecule has 4 aromatic heterocycles. The number of aryl methyl sites for hydroxylation is 1. The summed E-state index contributed by atoms with van der Waals surface area (Å²) in [5.41, 5.74) is 7.17. The van der Waals surface area contributed by atoms with E-state index >= 15 is 0 Å². The number of nitrogens with zero attached hydrogens (tertiary/aromatic N) is 9. The molecule has 0 aliphatic carbocycles. The van der Waals surface area contributed by atoms with Gasteiger partial charge in [-0.2, -0.15) is 0 Å². The molecule has 4 atom stereocenters. The quantitative estimate of drug-likeness (QED) is 0.0917. The Hall–Kier alpha value is -6.67. The highest BCUT2D eigenvalue weighted by Gasteiger charge is 2.44. The van der Waals surface area contributed by atoms with Crippen LogP contribution in [0.3, 0.4) is 0 Å². The van der Waals surface area contributed by atoms with E-state index in [0.717, 1.165) is 64.0 Å². The normalized spacial score (nSPS) is 18.7. The van der Waals surface area contributed by atoms with Crippen molar-refractivity contribution in [2.24, 2.45) is 11.3 Å². The first-order valence-corrected chi connectivity index (χ1v) is 25.9. The number of pyridine rings is 1. The van der Waals surface area contributed by atoms with Crippen LogP contribution in [0.15, 0.2) is 90.6 Å². The Balaban J connectivity index is 0.701. The van der Waals surface area contributed by atoms with Crippen LogP contribution in [0.4, 0.5) is 16.0 Å². The van der Waals surface area contributed by atoms with Crippen molar-refractivity contribution in [3.05, 3.63) is 113 Å². The van der Waals surface area contributed by atoms with Gasteiger partial charge in [-0.05, 0) is 78.3 Å². The van der Waals surface area contributed by atoms with E-state index in [0.29, 0.717) is 37.5 Å². The topological polar surface area (TPSA) is 188 Å². The summed E-state index contributed by atoms with van der Waals surface area (Å²) in [5.74, 6) is -0.588. The number of ketones is 1. The number of likely N-dealkylation sites (tertiary alicyclic amines) is 1. The molecule has 6 aromatic rings. The number of carbonyl (C=O) groups is 4. The number of anilines is 2. The standard InChI is InChI=1S/C54H63FN10O7S/c1-35-51(73-34-58-35)37-15-13-36(14-16-37)29-57-52(69)45-28-40(66)31-64(45)53(70)42(54(2,3)4)27-41(67)32-71-24-25-72-33-50(68)62-22-20-61(21-23-62)48-12-6-10-43(59-48)46-30-56-47-17-18-49(60-65(46)47)63-19-7-11-44(63)38-8-5-9-39(55)26-38/h5-6,8-10,12-18,26,30,34,40,42,44-45,66H,7,11,19-25,27-29,31-33H2,1-4H3,(H,57,69)/t40-,42-,44-,45+/m1/s1. The number of halogens is 1. The Morgan fingerprint density at radius 3 is 2.41 bits per heavy atom. The maximum atomic E-state index is 14.1. The van der Waals surface area contributed by atoms with Crippen LogP contribution in [0, 0.1) is 24.1 Å². The minimum absolute atomic E-state index is 0.000716. The second-order valence-corrected chi connectivity index (χ2v) is 21.0. The number of piperazine rings is 1. The van der Waals surface area contributed by atoms with Crippen molar-refractivity contribution >= 4 is 52.1 Å². The molecular formula is C54H63FN10O7S. The summed E-state index contributed by atoms with van der Waals surface area (Å²) in [5, 5.41) is 18.6. The van der Waals surface area contributed by atoms with E-state index in [1.54, 1.807) is 34.6 Å². The summed E-state index contributed by atoms with van der Waals surface area (Å²) in [6, 6.07) is 23.6. The van der Waals surface area contributed by atoms with E-state index in [1.807, 2.05) is 98.4 Å². The van der Waals surface area contributed by atoms with E-state index in [2.05, 4.69) is 25.1 Å². The molecule has 2 N–H and O–H groups in total. The van der Waals surface area contributed by atoms with Crippen molar-refractivity contribution in [2.75, 3.05) is 75.5 Å². The average molecular weight is 1020 g/mol. The van der Waals surface area contributed by atoms with Gasteiger partial charge in [0.2, 0.25) is 17.7 Å². The van der Waals surface area contributed by atoms with Gasteiger partial charge in [0.15, 0.2) is 11.4 Å². The molecule has 3 aliphatic heterocycles. The molecule has 0 saturated carbocycles. The number of benzene rings is 2. The highest BCUT2D eigenvalue weighted by atomic mass is 32.1. The van der Waals surface area contributed by atoms with Crippen molar-refractivity contribution in [2.45, 2.75) is 78.1 Å². The number of thiazole rings is 1. The molecular weight excluding hydrogens is 952 g/mol. The first-order valence-electron chi connectivity index (χ1n) is 25.0. The van der Waals surface area contributed by atoms with E-state index in [1.165, 1.54) is 11.0 Å². The van der Waals surface area contributed by atoms with Crippen LogP contribution < -0.4 is 15.1 Å². The smallest absolute Gasteiger partial charge is 0.248 e. The molecule has 3 saturated heterocycles. The van der Waals surface area contributed by atoms with Crippen molar-refractivity contribution in [3.8, 4) is 21.8 Å². The number of hydrogen-bond acceptors (Lipinski definition) is 14. The summed E-state index contributed by atoms with van der Waals surface area (Å²) < 4.78 is 27.2. The average Bonchev–Trinajstić information content (AvgIpc) is 4.23. The number of imidazole rings is 1. The number of β-amino-alcohol motifs (C(OH)–C–C–N with tert-alkyl or cyclic N) is 1. The van der Waals surface area contributed by atoms with Gasteiger partial charge in [0, 0.05) is 64.6 Å². The third-order valence-corrected chi connectivity index (χ3v) is 15.0. The number of aliphatic hydroxyl groups excluding tert-OH is 1. The Morgan fingerprint density at radius 2 is 1.67 bits per heavy atom. The number of nitrogens with one attached hydrogen (secondary N) is 1. The number of carbonyl (C=O) groups excluding carboxylic acids is 4. The summed E-state index contributed by atoms with van der Waals surface area (Å²) in [6.07, 6.45) is 2.80. The number of hydrogen-bond donors (Lipinski definition) is 2. The molecule has 0 spiro atoms. The molecule has 19 heteroatoms. The molecule has 3 aliphatic rings. The second kappa shape index (κ2) is 22.6. The maximum Gasteiger partial charge on any atom is 0.248 e. The van der Waals surface area contributed by atoms with Crippen LogP contribution in [0.2, 0.25) is 0 Å². The fraction of sp³-hybridized carbons (Fsp3) is 0.444. The van der Waals surface area contributed by atoms with Gasteiger partial charge < -0.3 is 39.5 Å². The Kier molecular flexibility index (Phi) is 15.9. The van der Waals surface area contributed by atoms with Crippen LogP contribution in [0.5, 0.6) is 0 Å². The SMILES string of the molecule is Cc1ncsc1-c1ccc(CNC(=O)[C@@H]2C[C@@H](O)CN2C(=O)[C@@H](CC(=O)COCCOCC(=O)N2CCN(c3cccc(-c4cnc5ccc(N6CCC[C@@H]6c6cccc(F)c6)nn45)n3)CC2)C(C)(C)C)cc1. The zero-order chi connectivity index (χ0) is 51.2. The van der Waals surface area contributed by atoms with Crippen LogP contribution in [-0.4, -0.2) is 141 Å². The van der Waals surface area contributed by atoms with Crippen molar-refractivity contribution < 1.29 is 38.1 Å². The minimum Gasteiger partial charge on any atom is -0.391 e. The number of ether oxygens (including phenoxy) is 2. The monoisotopic (exact) mass is 1010 g/mol. The van der Waals surface area contributed by atoms with Gasteiger partial charge in [0.25, 0.3) is 0 Å². The molecule has 2 aromatic carbocycles. The largest absolute Gasteiger partial charge is 0.391 e. The summed E-state index contributed by atoms with van der Waals surface area (Å²) in [4.78, 5) is 76.5. The van der Waals surface area contributed by atoms with Crippen LogP contribution in [0.25, 0.3) is 27.5 Å². The van der Waals surface area contributed by atoms with E-state index in [-0.39, 0.29) is 87.7 Å². The van der Waals surface area contributed by atoms with Gasteiger partial charge >= 0.3 is 0 Å². The van der Waals surface area contributed by atoms with Gasteiger partial charge in [-0.3, -0.25) is 19.2 Å². The number of amides is 3. The lowest BCUT2D eigenvalue weighted by molar-refractivity contribution is -0.147. The molecule has 73 heavy (non-hydrogen) atoms. The van der Waals surface area contributed by atoms with Crippen LogP contribution in [-0.2, 0) is 35.2 Å². The van der Waals surface area contributed by atoms with Crippen LogP contribution >= 0.6 is 11.3 Å². The predicted octanol–water partition coefficient (Wildman–Crippen LogP) is 6.29. The van der Waals surface area contributed by atoms with Crippen molar-refractivity contribution in [1.29, 1.82) is 0 Å². The second-order valence-electron chi connectivity index (χ2n) is 20.1. The number of aliphatic hydroxyl groups is 1. The van der Waals surface area contributed by atoms with Gasteiger partial charge in [-0.15, -0.1) is 16.4 Å². The third-order valence-electron chi connectivity index (χ3n) is 14.0. The third kappa shape index (κ3) is 12.1. The number of fused-ring (bicyclic) bond motifs is 1. The zero-order valence-electron chi connectivity index (χ0n) is 41.8. The van der Waals surface area contributed by atoms with Gasteiger partial charge in [0.1, 0.15) is 42.4 Å². The maximum absolute atomic E-state index is 14.1. The van der Waals surface area contributed by atoms with Gasteiger partial charge in [0.05, 0.1) is 53.3 Å². The first kappa shape index (κ1) is 51.2. The predicted molar refractivity (Wildman–Crippen MR) is 275 cm³/mol. The van der Waals surface area contributed by atoms with E-state index < -0.39 is 23.5 Å². The fourth-order valence-electron chi connectivity index (χ4n) is 9.99. The lowest BCUT2D eigenvalue weighted by atomic mass is 9.77. The number of rotatable bonds is 18. The Labute approximate surface area is 428 Å². The Bertz CT molecular complexity index is 2920. The lowest BCUT2D eigenvalue weighted by Gasteiger charge is -2.35. The molecule has 3 fully saturated rings. The Morgan fingerprint density at radius 1 is 0.904 bits per heavy atom. The molecule has 9 rings (SSSR count). The molecule has 0 unspecified atom stereocenters. The van der Waals surface area contributed by atoms with Gasteiger partial charge in [-0.25, -0.2) is 23.9 Å². The molecule has 17 nitrogen and oxygen atoms in total. The molecule has 0 radical (unpaired) electrons. The van der Waals surface area contributed by atoms with E-state index in [4.69, 9.17) is 19.6 Å². The molecule has 7 heterocycles. The van der Waals surface area contributed by atoms with Crippen molar-refractivity contribution in [1.82, 2.24) is 39.7 Å². The summed E-state index contributed by atoms with van der Waals surface area (Å²) in [7, 11) is 0. The highest BCUT2D eigenvalue weighted by molar-refractivity contribution is 7.13. The lowest BCUT2D eigenvalue weighted by Crippen LogP contribution is -2.50. The number of Topliss-reactive ketones (excluding diaryl/α,β-unsaturated/α-hetero) is 1. The van der Waals surface area contributed by atoms with Gasteiger partial charge in [-0.1, -0.05) is 63.2 Å². The summed E-state index contributed by atoms with van der Waals surface area (Å²) >= 11 is 1.57. The summed E-state index contributed by atoms with van der Waals surface area (Å²) in [6.45, 7) is 10.6. The fourth-order valence-corrected chi connectivity index (χ4v) is 10.8. The van der Waals surface area contributed by atoms with E-state index in [9.17, 15) is 28.7 Å². The van der Waals surface area contributed by atoms with Crippen LogP contribution in [0.1, 0.15) is 69.3 Å². The molecule has 0 bridgehead atoms. The number of aromatic nitrogens is 5. The molecule has 384 valence electrons. The molecule has 3 amide bonds. The highest BCUT2D eigenvalue weighted by Crippen LogP contribution is 2.37. The zero-order valence-corrected chi connectivity index (χ0v) is 42.6. The van der Waals surface area contributed by atoms with Crippen molar-refractivity contribution in [3.63, 3.8) is 0 Å². The first-order chi connectivity index (χ1) is 35.2. The minimum atomic E-state index is -0.871.